The molecule has 0 spiro atoms. The van der Waals surface area contributed by atoms with Crippen LogP contribution in [0.2, 0.25) is 0 Å². The van der Waals surface area contributed by atoms with Crippen molar-refractivity contribution < 1.29 is 19.1 Å². The maximum atomic E-state index is 13.3. The Morgan fingerprint density at radius 3 is 2.59 bits per heavy atom. The lowest BCUT2D eigenvalue weighted by atomic mass is 9.99. The van der Waals surface area contributed by atoms with Crippen molar-refractivity contribution in [1.29, 1.82) is 0 Å². The summed E-state index contributed by atoms with van der Waals surface area (Å²) < 4.78 is 14.6. The molecule has 0 aliphatic carbocycles. The van der Waals surface area contributed by atoms with E-state index in [0.29, 0.717) is 19.4 Å². The lowest BCUT2D eigenvalue weighted by Crippen LogP contribution is -2.63. The standard InChI is InChI=1S/C24H27FN3O4/c1-14(2)27-11-10-15(3)28-20(27)13-26-12-18(22(30)23(31)21(26)24(28)32)19(29)9-6-16-4-7-17(25)8-5-16/h4-5,7-8,11-12,14-15,20,31H,6,9-10,13H2,1-3H3/q-1/t15-,20-/m1/s1. The Morgan fingerprint density at radius 2 is 1.94 bits per heavy atom. The van der Waals surface area contributed by atoms with E-state index in [0.717, 1.165) is 5.56 Å². The zero-order chi connectivity index (χ0) is 23.2. The minimum atomic E-state index is -0.830. The lowest BCUT2D eigenvalue weighted by Gasteiger charge is -2.57. The Kier molecular flexibility index (Phi) is 5.90. The first kappa shape index (κ1) is 22.2. The maximum absolute atomic E-state index is 13.3. The van der Waals surface area contributed by atoms with Crippen molar-refractivity contribution >= 4 is 11.7 Å². The number of aryl methyl sites for hydroxylation is 1. The molecule has 3 heterocycles. The van der Waals surface area contributed by atoms with Crippen molar-refractivity contribution in [1.82, 2.24) is 14.4 Å². The number of halogens is 1. The summed E-state index contributed by atoms with van der Waals surface area (Å²) in [5.41, 5.74) is -0.270. The number of hydrogen-bond donors (Lipinski definition) is 1. The van der Waals surface area contributed by atoms with Gasteiger partial charge in [0.2, 0.25) is 5.43 Å². The number of benzene rings is 1. The van der Waals surface area contributed by atoms with E-state index in [9.17, 15) is 23.9 Å². The number of hydrogen-bond acceptors (Lipinski definition) is 5. The maximum Gasteiger partial charge on any atom is 0.275 e. The molecule has 0 bridgehead atoms. The number of amides is 1. The fraction of sp³-hybridized carbons (Fsp3) is 0.417. The molecule has 1 aromatic carbocycles. The molecule has 8 heteroatoms. The van der Waals surface area contributed by atoms with Crippen LogP contribution < -0.4 is 5.43 Å². The summed E-state index contributed by atoms with van der Waals surface area (Å²) in [6.07, 6.45) is 2.20. The zero-order valence-corrected chi connectivity index (χ0v) is 18.4. The van der Waals surface area contributed by atoms with E-state index < -0.39 is 22.9 Å². The van der Waals surface area contributed by atoms with Crippen molar-refractivity contribution in [3.8, 4) is 5.75 Å². The van der Waals surface area contributed by atoms with E-state index in [1.165, 1.54) is 22.9 Å². The summed E-state index contributed by atoms with van der Waals surface area (Å²) in [4.78, 5) is 42.7. The molecule has 1 fully saturated rings. The van der Waals surface area contributed by atoms with Gasteiger partial charge < -0.3 is 19.5 Å². The topological polar surface area (TPSA) is 82.8 Å². The number of carbonyl (C=O) groups excluding carboxylic acids is 2. The summed E-state index contributed by atoms with van der Waals surface area (Å²) in [5, 5.41) is 10.6. The highest BCUT2D eigenvalue weighted by Gasteiger charge is 2.40. The van der Waals surface area contributed by atoms with Crippen LogP contribution in [-0.2, 0) is 13.0 Å². The first-order valence-electron chi connectivity index (χ1n) is 10.9. The summed E-state index contributed by atoms with van der Waals surface area (Å²) in [6.45, 7) is 8.45. The summed E-state index contributed by atoms with van der Waals surface area (Å²) in [6, 6.07) is 5.92. The molecule has 4 rings (SSSR count). The van der Waals surface area contributed by atoms with Gasteiger partial charge in [0.25, 0.3) is 5.91 Å². The van der Waals surface area contributed by atoms with Gasteiger partial charge in [-0.15, -0.1) is 6.42 Å². The second-order valence-electron chi connectivity index (χ2n) is 8.77. The van der Waals surface area contributed by atoms with Gasteiger partial charge in [-0.25, -0.2) is 4.39 Å². The van der Waals surface area contributed by atoms with Crippen LogP contribution in [0.4, 0.5) is 4.39 Å². The van der Waals surface area contributed by atoms with Crippen LogP contribution in [-0.4, -0.2) is 49.4 Å². The molecule has 2 atom stereocenters. The third kappa shape index (κ3) is 3.83. The number of nitrogens with zero attached hydrogens (tertiary/aromatic N) is 3. The molecular weight excluding hydrogens is 413 g/mol. The van der Waals surface area contributed by atoms with E-state index in [1.807, 2.05) is 20.8 Å². The molecule has 32 heavy (non-hydrogen) atoms. The Balaban J connectivity index is 1.66. The van der Waals surface area contributed by atoms with E-state index in [-0.39, 0.29) is 41.7 Å². The largest absolute Gasteiger partial charge is 0.503 e. The van der Waals surface area contributed by atoms with Crippen LogP contribution in [0.3, 0.4) is 0 Å². The monoisotopic (exact) mass is 440 g/mol. The van der Waals surface area contributed by atoms with Crippen molar-refractivity contribution in [3.05, 3.63) is 69.9 Å². The number of fused-ring (bicyclic) bond motifs is 2. The Bertz CT molecular complexity index is 1110. The third-order valence-electron chi connectivity index (χ3n) is 6.30. The second-order valence-corrected chi connectivity index (χ2v) is 8.77. The molecule has 0 radical (unpaired) electrons. The van der Waals surface area contributed by atoms with E-state index >= 15 is 0 Å². The molecule has 2 aliphatic rings. The van der Waals surface area contributed by atoms with Gasteiger partial charge >= 0.3 is 0 Å². The first-order chi connectivity index (χ1) is 15.2. The zero-order valence-electron chi connectivity index (χ0n) is 18.4. The van der Waals surface area contributed by atoms with Gasteiger partial charge in [-0.05, 0) is 37.1 Å². The van der Waals surface area contributed by atoms with Gasteiger partial charge in [-0.1, -0.05) is 26.0 Å². The highest BCUT2D eigenvalue weighted by molar-refractivity contribution is 6.00. The van der Waals surface area contributed by atoms with Crippen LogP contribution in [0.1, 0.15) is 60.0 Å². The van der Waals surface area contributed by atoms with Crippen molar-refractivity contribution in [2.75, 3.05) is 0 Å². The normalized spacial score (nSPS) is 20.9. The molecule has 2 aromatic rings. The molecule has 7 nitrogen and oxygen atoms in total. The number of ketones is 1. The Hall–Kier alpha value is -3.00. The van der Waals surface area contributed by atoms with Crippen molar-refractivity contribution in [2.24, 2.45) is 0 Å². The van der Waals surface area contributed by atoms with Gasteiger partial charge in [0.05, 0.1) is 18.3 Å². The molecule has 1 aromatic heterocycles. The summed E-state index contributed by atoms with van der Waals surface area (Å²) >= 11 is 0. The van der Waals surface area contributed by atoms with E-state index in [4.69, 9.17) is 0 Å². The molecule has 170 valence electrons. The van der Waals surface area contributed by atoms with Gasteiger partial charge in [-0.3, -0.25) is 20.9 Å². The molecule has 0 saturated carbocycles. The lowest BCUT2D eigenvalue weighted by molar-refractivity contribution is -0.0262. The average Bonchev–Trinajstić information content (AvgIpc) is 2.75. The minimum Gasteiger partial charge on any atom is -0.503 e. The quantitative estimate of drug-likeness (QED) is 0.571. The van der Waals surface area contributed by atoms with Crippen molar-refractivity contribution in [2.45, 2.75) is 64.8 Å². The highest BCUT2D eigenvalue weighted by Crippen LogP contribution is 2.33. The van der Waals surface area contributed by atoms with Gasteiger partial charge in [0, 0.05) is 18.7 Å². The molecular formula is C24H27FN3O4-. The molecule has 1 saturated heterocycles. The average molecular weight is 440 g/mol. The minimum absolute atomic E-state index is 0.0338. The number of pyridine rings is 1. The van der Waals surface area contributed by atoms with Gasteiger partial charge in [0.15, 0.2) is 17.2 Å². The molecule has 1 amide bonds. The van der Waals surface area contributed by atoms with Crippen molar-refractivity contribution in [3.63, 3.8) is 0 Å². The van der Waals surface area contributed by atoms with Crippen LogP contribution in [0, 0.1) is 12.4 Å². The van der Waals surface area contributed by atoms with Gasteiger partial charge in [-0.2, -0.15) is 0 Å². The molecule has 1 N–H and O–H groups in total. The Morgan fingerprint density at radius 1 is 1.25 bits per heavy atom. The number of rotatable bonds is 5. The summed E-state index contributed by atoms with van der Waals surface area (Å²) in [7, 11) is 0. The number of aromatic hydroxyl groups is 1. The molecule has 0 unspecified atom stereocenters. The highest BCUT2D eigenvalue weighted by atomic mass is 19.1. The van der Waals surface area contributed by atoms with E-state index in [2.05, 4.69) is 11.4 Å². The van der Waals surface area contributed by atoms with Crippen LogP contribution >= 0.6 is 0 Å². The van der Waals surface area contributed by atoms with Gasteiger partial charge in [0.1, 0.15) is 5.82 Å². The van der Waals surface area contributed by atoms with E-state index in [1.54, 1.807) is 17.0 Å². The van der Waals surface area contributed by atoms with Crippen LogP contribution in [0.15, 0.2) is 35.3 Å². The summed E-state index contributed by atoms with van der Waals surface area (Å²) in [5.74, 6) is -1.88. The SMILES string of the molecule is CC(C)N1[CH-]C[C@@H](C)N2C(=O)c3c(O)c(=O)c(C(=O)CCc4ccc(F)cc4)cn3C[C@H]12. The molecule has 2 aliphatic heterocycles. The first-order valence-corrected chi connectivity index (χ1v) is 10.9. The fourth-order valence-electron chi connectivity index (χ4n) is 4.58. The number of carbonyl (C=O) groups is 2. The number of Topliss-reactive ketones (excluding diaryl/α,β-unsaturated/α-hetero) is 1. The van der Waals surface area contributed by atoms with Crippen LogP contribution in [0.25, 0.3) is 0 Å². The predicted molar refractivity (Wildman–Crippen MR) is 117 cm³/mol. The Labute approximate surface area is 186 Å². The number of aromatic nitrogens is 1. The fourth-order valence-corrected chi connectivity index (χ4v) is 4.58. The smallest absolute Gasteiger partial charge is 0.275 e. The second kappa shape index (κ2) is 8.50. The third-order valence-corrected chi connectivity index (χ3v) is 6.30. The van der Waals surface area contributed by atoms with Crippen LogP contribution in [0.5, 0.6) is 5.75 Å². The predicted octanol–water partition coefficient (Wildman–Crippen LogP) is 2.95.